The van der Waals surface area contributed by atoms with Gasteiger partial charge in [0.1, 0.15) is 18.2 Å². The summed E-state index contributed by atoms with van der Waals surface area (Å²) in [7, 11) is -0.585. The number of rotatable bonds is 6. The Labute approximate surface area is 143 Å². The maximum atomic E-state index is 12.0. The smallest absolute Gasteiger partial charge is 0.301 e. The summed E-state index contributed by atoms with van der Waals surface area (Å²) in [6.45, 7) is 5.63. The van der Waals surface area contributed by atoms with Crippen molar-refractivity contribution >= 4 is 34.1 Å². The van der Waals surface area contributed by atoms with Gasteiger partial charge in [-0.05, 0) is 25.5 Å². The van der Waals surface area contributed by atoms with E-state index in [1.807, 2.05) is 26.0 Å². The average molecular weight is 363 g/mol. The number of nitrogens with one attached hydrogen (secondary N) is 2. The van der Waals surface area contributed by atoms with Crippen molar-refractivity contribution in [1.82, 2.24) is 9.62 Å². The van der Waals surface area contributed by atoms with Crippen molar-refractivity contribution in [2.45, 2.75) is 13.8 Å². The first-order chi connectivity index (χ1) is 10.3. The van der Waals surface area contributed by atoms with E-state index in [4.69, 9.17) is 4.74 Å². The predicted molar refractivity (Wildman–Crippen MR) is 95.2 cm³/mol. The third kappa shape index (κ3) is 4.73. The minimum atomic E-state index is -3.55. The zero-order valence-corrected chi connectivity index (χ0v) is 15.3. The second kappa shape index (κ2) is 7.85. The fourth-order valence-corrected chi connectivity index (χ4v) is 2.81. The van der Waals surface area contributed by atoms with E-state index in [0.717, 1.165) is 34.4 Å². The Morgan fingerprint density at radius 2 is 2.04 bits per heavy atom. The van der Waals surface area contributed by atoms with Crippen LogP contribution >= 0.6 is 12.4 Å². The summed E-state index contributed by atoms with van der Waals surface area (Å²) in [4.78, 5) is 4.27. The Bertz CT molecular complexity index is 690. The highest BCUT2D eigenvalue weighted by Gasteiger charge is 2.18. The summed E-state index contributed by atoms with van der Waals surface area (Å²) in [6.07, 6.45) is 0. The minimum absolute atomic E-state index is 0. The van der Waals surface area contributed by atoms with Crippen molar-refractivity contribution in [3.8, 4) is 5.75 Å². The third-order valence-corrected chi connectivity index (χ3v) is 4.87. The van der Waals surface area contributed by atoms with Gasteiger partial charge in [-0.15, -0.1) is 12.4 Å². The number of anilines is 1. The molecule has 7 nitrogen and oxygen atoms in total. The Morgan fingerprint density at radius 1 is 1.35 bits per heavy atom. The molecule has 1 aliphatic rings. The number of nitrogens with zero attached hydrogens (tertiary/aromatic N) is 2. The highest BCUT2D eigenvalue weighted by atomic mass is 35.5. The molecular weight excluding hydrogens is 340 g/mol. The molecule has 9 heteroatoms. The Balaban J connectivity index is 0.00000264. The van der Waals surface area contributed by atoms with Crippen molar-refractivity contribution in [3.63, 3.8) is 0 Å². The molecule has 0 unspecified atom stereocenters. The number of aryl methyl sites for hydroxylation is 1. The van der Waals surface area contributed by atoms with Crippen LogP contribution in [0.1, 0.15) is 11.1 Å². The van der Waals surface area contributed by atoms with Crippen LogP contribution in [0.5, 0.6) is 5.75 Å². The maximum Gasteiger partial charge on any atom is 0.301 e. The van der Waals surface area contributed by atoms with Gasteiger partial charge in [0.25, 0.3) is 0 Å². The van der Waals surface area contributed by atoms with E-state index in [0.29, 0.717) is 18.0 Å². The normalized spacial score (nSPS) is 14.0. The molecule has 2 N–H and O–H groups in total. The van der Waals surface area contributed by atoms with Crippen molar-refractivity contribution in [2.24, 2.45) is 4.99 Å². The topological polar surface area (TPSA) is 83.0 Å². The van der Waals surface area contributed by atoms with Crippen molar-refractivity contribution in [3.05, 3.63) is 23.3 Å². The number of aliphatic imine (C=N–C) groups is 1. The first-order valence-corrected chi connectivity index (χ1v) is 8.45. The quantitative estimate of drug-likeness (QED) is 0.799. The maximum absolute atomic E-state index is 12.0. The zero-order valence-electron chi connectivity index (χ0n) is 13.7. The molecule has 2 rings (SSSR count). The standard InChI is InChI=1S/C14H22N4O3S.ClH/c1-10-5-6-12(21-9-13-15-7-8-16-13)11(2)14(10)17-22(19,20)18(3)4;/h5-6,17H,7-9H2,1-4H3,(H,15,16);1H. The number of ether oxygens (including phenoxy) is 1. The lowest BCUT2D eigenvalue weighted by atomic mass is 10.1. The van der Waals surface area contributed by atoms with Gasteiger partial charge in [0.2, 0.25) is 0 Å². The molecule has 0 saturated heterocycles. The molecule has 0 bridgehead atoms. The summed E-state index contributed by atoms with van der Waals surface area (Å²) >= 11 is 0. The number of hydrogen-bond acceptors (Lipinski definition) is 5. The van der Waals surface area contributed by atoms with E-state index in [2.05, 4.69) is 15.0 Å². The molecule has 1 aromatic rings. The van der Waals surface area contributed by atoms with Crippen molar-refractivity contribution in [1.29, 1.82) is 0 Å². The lowest BCUT2D eigenvalue weighted by Gasteiger charge is -2.19. The van der Waals surface area contributed by atoms with Crippen LogP contribution in [0.4, 0.5) is 5.69 Å². The van der Waals surface area contributed by atoms with E-state index in [1.54, 1.807) is 0 Å². The molecule has 1 aliphatic heterocycles. The van der Waals surface area contributed by atoms with Crippen molar-refractivity contribution in [2.75, 3.05) is 38.5 Å². The molecule has 1 heterocycles. The molecule has 0 aliphatic carbocycles. The molecule has 130 valence electrons. The number of benzene rings is 1. The van der Waals surface area contributed by atoms with Gasteiger partial charge in [0, 0.05) is 26.2 Å². The lowest BCUT2D eigenvalue weighted by Crippen LogP contribution is -2.29. The van der Waals surface area contributed by atoms with Gasteiger partial charge in [0.05, 0.1) is 12.2 Å². The molecule has 0 atom stereocenters. The average Bonchev–Trinajstić information content (AvgIpc) is 2.95. The first-order valence-electron chi connectivity index (χ1n) is 7.01. The highest BCUT2D eigenvalue weighted by molar-refractivity contribution is 7.90. The molecule has 23 heavy (non-hydrogen) atoms. The molecular formula is C14H23ClN4O3S. The number of amidine groups is 1. The summed E-state index contributed by atoms with van der Waals surface area (Å²) in [5, 5.41) is 3.13. The molecule has 0 amide bonds. The molecule has 0 radical (unpaired) electrons. The van der Waals surface area contributed by atoms with E-state index in [1.165, 1.54) is 14.1 Å². The molecule has 1 aromatic carbocycles. The summed E-state index contributed by atoms with van der Waals surface area (Å²) in [5.74, 6) is 1.45. The third-order valence-electron chi connectivity index (χ3n) is 3.44. The largest absolute Gasteiger partial charge is 0.485 e. The number of hydrogen-bond donors (Lipinski definition) is 2. The van der Waals surface area contributed by atoms with Gasteiger partial charge in [-0.2, -0.15) is 12.7 Å². The van der Waals surface area contributed by atoms with Gasteiger partial charge < -0.3 is 10.1 Å². The molecule has 0 aromatic heterocycles. The lowest BCUT2D eigenvalue weighted by molar-refractivity contribution is 0.371. The fraction of sp³-hybridized carbons (Fsp3) is 0.500. The van der Waals surface area contributed by atoms with E-state index >= 15 is 0 Å². The molecule has 0 saturated carbocycles. The van der Waals surface area contributed by atoms with E-state index in [9.17, 15) is 8.42 Å². The van der Waals surface area contributed by atoms with Gasteiger partial charge in [-0.3, -0.25) is 9.71 Å². The van der Waals surface area contributed by atoms with Gasteiger partial charge in [-0.1, -0.05) is 6.07 Å². The van der Waals surface area contributed by atoms with E-state index in [-0.39, 0.29) is 12.4 Å². The minimum Gasteiger partial charge on any atom is -0.485 e. The fourth-order valence-electron chi connectivity index (χ4n) is 2.05. The summed E-state index contributed by atoms with van der Waals surface area (Å²) in [6, 6.07) is 3.67. The van der Waals surface area contributed by atoms with Crippen LogP contribution in [0.2, 0.25) is 0 Å². The van der Waals surface area contributed by atoms with Crippen LogP contribution in [-0.4, -0.2) is 52.4 Å². The zero-order chi connectivity index (χ0) is 16.3. The van der Waals surface area contributed by atoms with Crippen molar-refractivity contribution < 1.29 is 13.2 Å². The van der Waals surface area contributed by atoms with Crippen LogP contribution in [-0.2, 0) is 10.2 Å². The SMILES string of the molecule is Cc1ccc(OCC2=NCCN2)c(C)c1NS(=O)(=O)N(C)C.Cl. The monoisotopic (exact) mass is 362 g/mol. The summed E-state index contributed by atoms with van der Waals surface area (Å²) < 4.78 is 33.5. The molecule has 0 fully saturated rings. The number of halogens is 1. The van der Waals surface area contributed by atoms with Gasteiger partial charge in [-0.25, -0.2) is 0 Å². The Hall–Kier alpha value is -1.51. The second-order valence-electron chi connectivity index (χ2n) is 5.31. The Morgan fingerprint density at radius 3 is 2.61 bits per heavy atom. The molecule has 0 spiro atoms. The van der Waals surface area contributed by atoms with E-state index < -0.39 is 10.2 Å². The first kappa shape index (κ1) is 19.5. The highest BCUT2D eigenvalue weighted by Crippen LogP contribution is 2.30. The van der Waals surface area contributed by atoms with Gasteiger partial charge in [0.15, 0.2) is 0 Å². The Kier molecular flexibility index (Phi) is 6.67. The van der Waals surface area contributed by atoms with Crippen LogP contribution < -0.4 is 14.8 Å². The van der Waals surface area contributed by atoms with Gasteiger partial charge >= 0.3 is 10.2 Å². The van der Waals surface area contributed by atoms with Crippen LogP contribution in [0.15, 0.2) is 17.1 Å². The van der Waals surface area contributed by atoms with Crippen LogP contribution in [0.25, 0.3) is 0 Å². The predicted octanol–water partition coefficient (Wildman–Crippen LogP) is 1.32. The van der Waals surface area contributed by atoms with Crippen LogP contribution in [0, 0.1) is 13.8 Å². The second-order valence-corrected chi connectivity index (χ2v) is 7.20. The van der Waals surface area contributed by atoms with Crippen LogP contribution in [0.3, 0.4) is 0 Å². The summed E-state index contributed by atoms with van der Waals surface area (Å²) in [5.41, 5.74) is 2.14.